The Morgan fingerprint density at radius 3 is 3.16 bits per heavy atom. The molecule has 0 spiro atoms. The van der Waals surface area contributed by atoms with Gasteiger partial charge in [0, 0.05) is 38.1 Å². The molecule has 6 heteroatoms. The number of hydrogen-bond donors (Lipinski definition) is 2. The summed E-state index contributed by atoms with van der Waals surface area (Å²) in [4.78, 5) is 0. The van der Waals surface area contributed by atoms with Gasteiger partial charge in [-0.1, -0.05) is 0 Å². The van der Waals surface area contributed by atoms with Gasteiger partial charge >= 0.3 is 0 Å². The molecule has 1 aliphatic heterocycles. The standard InChI is InChI=1S/C13H22N4OS/c1-11-5-7-16-17(11)8-3-6-14-13(19)15-10-12-4-2-9-18-12/h5,7,12H,2-4,6,8-10H2,1H3,(H2,14,15,19)/t12-/m1/s1. The summed E-state index contributed by atoms with van der Waals surface area (Å²) in [5, 5.41) is 11.4. The predicted molar refractivity (Wildman–Crippen MR) is 79.2 cm³/mol. The van der Waals surface area contributed by atoms with Gasteiger partial charge in [0.25, 0.3) is 0 Å². The van der Waals surface area contributed by atoms with Crippen LogP contribution in [0.1, 0.15) is 25.0 Å². The number of ether oxygens (including phenoxy) is 1. The molecule has 106 valence electrons. The minimum absolute atomic E-state index is 0.325. The second-order valence-corrected chi connectivity index (χ2v) is 5.23. The van der Waals surface area contributed by atoms with E-state index < -0.39 is 0 Å². The summed E-state index contributed by atoms with van der Waals surface area (Å²) in [7, 11) is 0. The third-order valence-electron chi connectivity index (χ3n) is 3.28. The molecule has 19 heavy (non-hydrogen) atoms. The normalized spacial score (nSPS) is 18.5. The Morgan fingerprint density at radius 2 is 2.47 bits per heavy atom. The topological polar surface area (TPSA) is 51.1 Å². The molecule has 1 aromatic rings. The van der Waals surface area contributed by atoms with E-state index in [0.717, 1.165) is 45.5 Å². The Hall–Kier alpha value is -1.14. The number of aromatic nitrogens is 2. The third-order valence-corrected chi connectivity index (χ3v) is 3.56. The average Bonchev–Trinajstić information content (AvgIpc) is 3.04. The van der Waals surface area contributed by atoms with Crippen molar-refractivity contribution in [1.29, 1.82) is 0 Å². The first-order valence-corrected chi connectivity index (χ1v) is 7.28. The van der Waals surface area contributed by atoms with Crippen LogP contribution in [0, 0.1) is 6.92 Å². The highest BCUT2D eigenvalue weighted by Gasteiger charge is 2.14. The number of nitrogens with zero attached hydrogens (tertiary/aromatic N) is 2. The number of hydrogen-bond acceptors (Lipinski definition) is 3. The number of rotatable bonds is 6. The molecule has 5 nitrogen and oxygen atoms in total. The lowest BCUT2D eigenvalue weighted by atomic mass is 10.2. The van der Waals surface area contributed by atoms with E-state index in [1.54, 1.807) is 0 Å². The van der Waals surface area contributed by atoms with E-state index in [-0.39, 0.29) is 0 Å². The molecule has 0 saturated carbocycles. The van der Waals surface area contributed by atoms with Crippen LogP contribution in [0.5, 0.6) is 0 Å². The van der Waals surface area contributed by atoms with Crippen LogP contribution in [-0.4, -0.2) is 40.7 Å². The van der Waals surface area contributed by atoms with Crippen LogP contribution in [0.25, 0.3) is 0 Å². The van der Waals surface area contributed by atoms with Crippen LogP contribution in [0.15, 0.2) is 12.3 Å². The summed E-state index contributed by atoms with van der Waals surface area (Å²) in [6.07, 6.45) is 5.46. The molecular weight excluding hydrogens is 260 g/mol. The highest BCUT2D eigenvalue weighted by atomic mass is 32.1. The van der Waals surface area contributed by atoms with Gasteiger partial charge < -0.3 is 15.4 Å². The fraction of sp³-hybridized carbons (Fsp3) is 0.692. The maximum atomic E-state index is 5.53. The first-order valence-electron chi connectivity index (χ1n) is 6.87. The zero-order chi connectivity index (χ0) is 13.5. The smallest absolute Gasteiger partial charge is 0.166 e. The second-order valence-electron chi connectivity index (χ2n) is 4.82. The summed E-state index contributed by atoms with van der Waals surface area (Å²) < 4.78 is 7.53. The maximum Gasteiger partial charge on any atom is 0.166 e. The van der Waals surface area contributed by atoms with Gasteiger partial charge in [0.05, 0.1) is 6.10 Å². The number of thiocarbonyl (C=S) groups is 1. The first kappa shape index (κ1) is 14.3. The molecule has 2 heterocycles. The lowest BCUT2D eigenvalue weighted by Crippen LogP contribution is -2.39. The Balaban J connectivity index is 1.52. The van der Waals surface area contributed by atoms with E-state index in [1.165, 1.54) is 5.69 Å². The van der Waals surface area contributed by atoms with Crippen LogP contribution >= 0.6 is 12.2 Å². The molecule has 0 amide bonds. The van der Waals surface area contributed by atoms with Crippen molar-refractivity contribution in [3.8, 4) is 0 Å². The van der Waals surface area contributed by atoms with Gasteiger partial charge in [-0.25, -0.2) is 0 Å². The molecule has 2 N–H and O–H groups in total. The molecule has 0 radical (unpaired) electrons. The van der Waals surface area contributed by atoms with Crippen molar-refractivity contribution in [2.75, 3.05) is 19.7 Å². The summed E-state index contributed by atoms with van der Waals surface area (Å²) in [6, 6.07) is 2.02. The Kier molecular flexibility index (Phi) is 5.60. The van der Waals surface area contributed by atoms with Crippen molar-refractivity contribution >= 4 is 17.3 Å². The van der Waals surface area contributed by atoms with Crippen molar-refractivity contribution in [3.63, 3.8) is 0 Å². The monoisotopic (exact) mass is 282 g/mol. The summed E-state index contributed by atoms with van der Waals surface area (Å²) in [6.45, 7) is 5.53. The molecule has 1 aromatic heterocycles. The van der Waals surface area contributed by atoms with Gasteiger partial charge in [-0.3, -0.25) is 4.68 Å². The Labute approximate surface area is 119 Å². The van der Waals surface area contributed by atoms with Gasteiger partial charge in [-0.2, -0.15) is 5.10 Å². The number of aryl methyl sites for hydroxylation is 2. The van der Waals surface area contributed by atoms with Crippen LogP contribution in [-0.2, 0) is 11.3 Å². The zero-order valence-electron chi connectivity index (χ0n) is 11.4. The lowest BCUT2D eigenvalue weighted by molar-refractivity contribution is 0.114. The zero-order valence-corrected chi connectivity index (χ0v) is 12.2. The molecule has 1 atom stereocenters. The second kappa shape index (κ2) is 7.45. The molecule has 1 fully saturated rings. The van der Waals surface area contributed by atoms with Crippen LogP contribution in [0.4, 0.5) is 0 Å². The summed E-state index contributed by atoms with van der Waals surface area (Å²) in [5.41, 5.74) is 1.19. The van der Waals surface area contributed by atoms with E-state index >= 15 is 0 Å². The van der Waals surface area contributed by atoms with Crippen molar-refractivity contribution in [2.45, 2.75) is 38.8 Å². The fourth-order valence-electron chi connectivity index (χ4n) is 2.14. The van der Waals surface area contributed by atoms with E-state index in [2.05, 4.69) is 22.7 Å². The highest BCUT2D eigenvalue weighted by Crippen LogP contribution is 2.10. The molecule has 1 saturated heterocycles. The molecule has 0 unspecified atom stereocenters. The Morgan fingerprint density at radius 1 is 1.58 bits per heavy atom. The largest absolute Gasteiger partial charge is 0.376 e. The predicted octanol–water partition coefficient (Wildman–Crippen LogP) is 1.22. The molecule has 2 rings (SSSR count). The van der Waals surface area contributed by atoms with E-state index in [4.69, 9.17) is 17.0 Å². The van der Waals surface area contributed by atoms with Gasteiger partial charge in [-0.15, -0.1) is 0 Å². The van der Waals surface area contributed by atoms with Gasteiger partial charge in [0.15, 0.2) is 5.11 Å². The minimum atomic E-state index is 0.325. The van der Waals surface area contributed by atoms with Gasteiger partial charge in [-0.05, 0) is 44.5 Å². The lowest BCUT2D eigenvalue weighted by Gasteiger charge is -2.14. The van der Waals surface area contributed by atoms with E-state index in [0.29, 0.717) is 11.2 Å². The van der Waals surface area contributed by atoms with Gasteiger partial charge in [0.1, 0.15) is 0 Å². The summed E-state index contributed by atoms with van der Waals surface area (Å²) >= 11 is 5.23. The molecular formula is C13H22N4OS. The first-order chi connectivity index (χ1) is 9.25. The van der Waals surface area contributed by atoms with Crippen LogP contribution in [0.3, 0.4) is 0 Å². The SMILES string of the molecule is Cc1ccnn1CCCNC(=S)NC[C@H]1CCCO1. The van der Waals surface area contributed by atoms with E-state index in [1.807, 2.05) is 16.9 Å². The van der Waals surface area contributed by atoms with Crippen LogP contribution < -0.4 is 10.6 Å². The van der Waals surface area contributed by atoms with Crippen molar-refractivity contribution in [2.24, 2.45) is 0 Å². The van der Waals surface area contributed by atoms with Gasteiger partial charge in [0.2, 0.25) is 0 Å². The molecule has 1 aliphatic rings. The fourth-order valence-corrected chi connectivity index (χ4v) is 2.32. The maximum absolute atomic E-state index is 5.53. The molecule has 0 bridgehead atoms. The quantitative estimate of drug-likeness (QED) is 0.607. The van der Waals surface area contributed by atoms with Crippen molar-refractivity contribution in [3.05, 3.63) is 18.0 Å². The average molecular weight is 282 g/mol. The molecule has 0 aliphatic carbocycles. The summed E-state index contributed by atoms with van der Waals surface area (Å²) in [5.74, 6) is 0. The minimum Gasteiger partial charge on any atom is -0.376 e. The van der Waals surface area contributed by atoms with Crippen molar-refractivity contribution in [1.82, 2.24) is 20.4 Å². The van der Waals surface area contributed by atoms with Crippen molar-refractivity contribution < 1.29 is 4.74 Å². The number of nitrogens with one attached hydrogen (secondary N) is 2. The Bertz CT molecular complexity index is 401. The van der Waals surface area contributed by atoms with E-state index in [9.17, 15) is 0 Å². The molecule has 0 aromatic carbocycles. The highest BCUT2D eigenvalue weighted by molar-refractivity contribution is 7.80. The van der Waals surface area contributed by atoms with Crippen LogP contribution in [0.2, 0.25) is 0 Å². The third kappa shape index (κ3) is 4.80.